The lowest BCUT2D eigenvalue weighted by Gasteiger charge is -2.37. The van der Waals surface area contributed by atoms with Crippen LogP contribution in [0, 0.1) is 0 Å². The van der Waals surface area contributed by atoms with Crippen LogP contribution in [-0.4, -0.2) is 42.6 Å². The van der Waals surface area contributed by atoms with E-state index in [1.807, 2.05) is 54.6 Å². The number of nitrogens with zero attached hydrogens (tertiary/aromatic N) is 1. The molecule has 36 heavy (non-hydrogen) atoms. The van der Waals surface area contributed by atoms with E-state index in [1.165, 1.54) is 13.2 Å². The summed E-state index contributed by atoms with van der Waals surface area (Å²) in [6.45, 7) is 4.26. The van der Waals surface area contributed by atoms with E-state index in [0.29, 0.717) is 25.9 Å². The summed E-state index contributed by atoms with van der Waals surface area (Å²) in [6.07, 6.45) is 7.54. The molecule has 2 amide bonds. The van der Waals surface area contributed by atoms with Gasteiger partial charge in [0, 0.05) is 32.0 Å². The maximum Gasteiger partial charge on any atom is 0.243 e. The molecule has 1 aliphatic heterocycles. The molecule has 0 saturated carbocycles. The van der Waals surface area contributed by atoms with Crippen molar-refractivity contribution in [2.75, 3.05) is 13.8 Å². The second kappa shape index (κ2) is 14.1. The summed E-state index contributed by atoms with van der Waals surface area (Å²) < 4.78 is 12.2. The Kier molecular flexibility index (Phi) is 10.6. The van der Waals surface area contributed by atoms with Gasteiger partial charge in [-0.15, -0.1) is 0 Å². The maximum absolute atomic E-state index is 13.5. The number of hydrogen-bond acceptors (Lipinski definition) is 4. The van der Waals surface area contributed by atoms with Crippen molar-refractivity contribution >= 4 is 11.8 Å². The van der Waals surface area contributed by atoms with Gasteiger partial charge in [-0.2, -0.15) is 5.48 Å². The lowest BCUT2D eigenvalue weighted by Crippen LogP contribution is -2.53. The fourth-order valence-electron chi connectivity index (χ4n) is 4.28. The minimum atomic E-state index is -0.603. The molecule has 7 heteroatoms. The molecule has 2 aromatic carbocycles. The van der Waals surface area contributed by atoms with Crippen LogP contribution in [0.1, 0.15) is 29.5 Å². The number of allylic oxidation sites excluding steroid dienone is 4. The van der Waals surface area contributed by atoms with Crippen LogP contribution in [0.4, 0.5) is 4.39 Å². The molecule has 0 aliphatic carbocycles. The summed E-state index contributed by atoms with van der Waals surface area (Å²) in [6, 6.07) is 16.7. The summed E-state index contributed by atoms with van der Waals surface area (Å²) in [5.74, 6) is -0.321. The molecule has 0 bridgehead atoms. The molecular weight excluding hydrogens is 457 g/mol. The first-order valence-electron chi connectivity index (χ1n) is 12.0. The van der Waals surface area contributed by atoms with Crippen molar-refractivity contribution in [1.29, 1.82) is 0 Å². The van der Waals surface area contributed by atoms with Crippen LogP contribution in [0.5, 0.6) is 0 Å². The highest BCUT2D eigenvalue weighted by molar-refractivity contribution is 5.88. The topological polar surface area (TPSA) is 70.7 Å². The molecule has 1 heterocycles. The van der Waals surface area contributed by atoms with Gasteiger partial charge in [0.15, 0.2) is 0 Å². The van der Waals surface area contributed by atoms with Crippen molar-refractivity contribution in [1.82, 2.24) is 15.7 Å². The number of alkyl halides is 1. The second-order valence-electron chi connectivity index (χ2n) is 8.74. The second-order valence-corrected chi connectivity index (χ2v) is 8.74. The monoisotopic (exact) mass is 491 g/mol. The largest absolute Gasteiger partial charge is 0.350 e. The molecule has 1 aliphatic rings. The Morgan fingerprint density at radius 3 is 2.56 bits per heavy atom. The van der Waals surface area contributed by atoms with Gasteiger partial charge < -0.3 is 15.1 Å². The molecule has 0 aromatic heterocycles. The third kappa shape index (κ3) is 8.00. The fraction of sp³-hybridized carbons (Fsp3) is 0.310. The van der Waals surface area contributed by atoms with Crippen LogP contribution < -0.4 is 10.8 Å². The molecule has 2 unspecified atom stereocenters. The van der Waals surface area contributed by atoms with Crippen molar-refractivity contribution in [3.8, 4) is 0 Å². The van der Waals surface area contributed by atoms with E-state index >= 15 is 0 Å². The summed E-state index contributed by atoms with van der Waals surface area (Å²) in [5.41, 5.74) is 6.76. The third-order valence-electron chi connectivity index (χ3n) is 6.06. The minimum absolute atomic E-state index is 0.131. The van der Waals surface area contributed by atoms with Crippen molar-refractivity contribution in [3.63, 3.8) is 0 Å². The zero-order chi connectivity index (χ0) is 25.8. The van der Waals surface area contributed by atoms with Crippen molar-refractivity contribution < 1.29 is 18.8 Å². The van der Waals surface area contributed by atoms with Gasteiger partial charge in [0.25, 0.3) is 0 Å². The molecular formula is C29H34FN3O3. The smallest absolute Gasteiger partial charge is 0.243 e. The van der Waals surface area contributed by atoms with Gasteiger partial charge in [-0.25, -0.2) is 4.39 Å². The number of rotatable bonds is 12. The van der Waals surface area contributed by atoms with Crippen molar-refractivity contribution in [2.24, 2.45) is 0 Å². The Bertz CT molecular complexity index is 1080. The highest BCUT2D eigenvalue weighted by Crippen LogP contribution is 2.25. The Morgan fingerprint density at radius 1 is 1.11 bits per heavy atom. The van der Waals surface area contributed by atoms with E-state index in [0.717, 1.165) is 22.3 Å². The molecule has 6 nitrogen and oxygen atoms in total. The quantitative estimate of drug-likeness (QED) is 0.345. The Hall–Kier alpha value is -3.55. The number of benzene rings is 2. The number of fused-ring (bicyclic) bond motifs is 1. The van der Waals surface area contributed by atoms with Crippen LogP contribution in [0.3, 0.4) is 0 Å². The summed E-state index contributed by atoms with van der Waals surface area (Å²) in [5, 5.41) is 3.00. The molecule has 0 fully saturated rings. The van der Waals surface area contributed by atoms with E-state index < -0.39 is 12.7 Å². The van der Waals surface area contributed by atoms with Crippen molar-refractivity contribution in [3.05, 3.63) is 108 Å². The Morgan fingerprint density at radius 2 is 1.83 bits per heavy atom. The number of nitrogens with one attached hydrogen (secondary N) is 2. The molecule has 2 atom stereocenters. The zero-order valence-corrected chi connectivity index (χ0v) is 20.7. The van der Waals surface area contributed by atoms with E-state index in [1.54, 1.807) is 23.1 Å². The maximum atomic E-state index is 13.5. The van der Waals surface area contributed by atoms with E-state index in [9.17, 15) is 14.0 Å². The summed E-state index contributed by atoms with van der Waals surface area (Å²) >= 11 is 0. The zero-order valence-electron chi connectivity index (χ0n) is 20.7. The SMILES string of the molecule is C=C(/C=C\C=C/CF)CC(CC(=O)N1Cc2ccccc2CC1C(=O)NCc1ccccc1)NOC. The first kappa shape index (κ1) is 27.0. The highest BCUT2D eigenvalue weighted by atomic mass is 19.1. The van der Waals surface area contributed by atoms with Gasteiger partial charge in [-0.1, -0.05) is 91.1 Å². The lowest BCUT2D eigenvalue weighted by atomic mass is 9.92. The molecule has 3 rings (SSSR count). The van der Waals surface area contributed by atoms with Gasteiger partial charge in [-0.3, -0.25) is 9.59 Å². The van der Waals surface area contributed by atoms with E-state index in [4.69, 9.17) is 4.84 Å². The van der Waals surface area contributed by atoms with Gasteiger partial charge in [0.1, 0.15) is 12.7 Å². The van der Waals surface area contributed by atoms with E-state index in [-0.39, 0.29) is 24.3 Å². The molecule has 2 aromatic rings. The average molecular weight is 492 g/mol. The Balaban J connectivity index is 1.71. The number of carbonyl (C=O) groups is 2. The molecule has 0 spiro atoms. The number of carbonyl (C=O) groups excluding carboxylic acids is 2. The predicted molar refractivity (Wildman–Crippen MR) is 139 cm³/mol. The number of hydrogen-bond donors (Lipinski definition) is 2. The first-order valence-corrected chi connectivity index (χ1v) is 12.0. The third-order valence-corrected chi connectivity index (χ3v) is 6.06. The summed E-state index contributed by atoms with van der Waals surface area (Å²) in [7, 11) is 1.50. The van der Waals surface area contributed by atoms with Crippen LogP contribution in [0.25, 0.3) is 0 Å². The standard InChI is InChI=1S/C29H34FN3O3/c1-22(11-5-4-10-16-30)17-26(32-36-2)19-28(34)33-21-25-15-9-8-14-24(25)18-27(33)29(35)31-20-23-12-6-3-7-13-23/h3-15,26-27,32H,1,16-21H2,2H3,(H,31,35)/b10-4-,11-5-. The number of halogens is 1. The van der Waals surface area contributed by atoms with Crippen LogP contribution in [0.15, 0.2) is 91.1 Å². The van der Waals surface area contributed by atoms with Crippen LogP contribution >= 0.6 is 0 Å². The number of amides is 2. The predicted octanol–water partition coefficient (Wildman–Crippen LogP) is 4.19. The van der Waals surface area contributed by atoms with Gasteiger partial charge in [-0.05, 0) is 23.1 Å². The molecule has 190 valence electrons. The molecule has 2 N–H and O–H groups in total. The normalized spacial score (nSPS) is 16.2. The Labute approximate surface area is 212 Å². The van der Waals surface area contributed by atoms with Gasteiger partial charge in [0.2, 0.25) is 11.8 Å². The fourth-order valence-corrected chi connectivity index (χ4v) is 4.28. The van der Waals surface area contributed by atoms with Gasteiger partial charge in [0.05, 0.1) is 7.11 Å². The van der Waals surface area contributed by atoms with E-state index in [2.05, 4.69) is 17.4 Å². The molecule has 0 radical (unpaired) electrons. The van der Waals surface area contributed by atoms with Crippen LogP contribution in [-0.2, 0) is 33.9 Å². The average Bonchev–Trinajstić information content (AvgIpc) is 2.89. The number of hydroxylamine groups is 1. The minimum Gasteiger partial charge on any atom is -0.350 e. The van der Waals surface area contributed by atoms with Crippen LogP contribution in [0.2, 0.25) is 0 Å². The lowest BCUT2D eigenvalue weighted by molar-refractivity contribution is -0.142. The molecule has 0 saturated heterocycles. The highest BCUT2D eigenvalue weighted by Gasteiger charge is 2.35. The van der Waals surface area contributed by atoms with Crippen molar-refractivity contribution in [2.45, 2.75) is 44.4 Å². The van der Waals surface area contributed by atoms with Gasteiger partial charge >= 0.3 is 0 Å². The first-order chi connectivity index (χ1) is 17.5. The summed E-state index contributed by atoms with van der Waals surface area (Å²) in [4.78, 5) is 33.6.